The Morgan fingerprint density at radius 2 is 1.88 bits per heavy atom. The Labute approximate surface area is 189 Å². The van der Waals surface area contributed by atoms with E-state index in [2.05, 4.69) is 4.99 Å². The molecule has 1 amide bonds. The number of ether oxygens (including phenoxy) is 1. The molecule has 1 saturated heterocycles. The smallest absolute Gasteiger partial charge is 0.341 e. The van der Waals surface area contributed by atoms with Crippen LogP contribution in [0.1, 0.15) is 37.7 Å². The van der Waals surface area contributed by atoms with Crippen LogP contribution in [0.5, 0.6) is 5.75 Å². The van der Waals surface area contributed by atoms with Gasteiger partial charge in [-0.1, -0.05) is 43.5 Å². The number of amides is 1. The molecule has 0 atom stereocenters. The molecule has 6 nitrogen and oxygen atoms in total. The molecule has 0 bridgehead atoms. The summed E-state index contributed by atoms with van der Waals surface area (Å²) < 4.78 is 19.4. The zero-order valence-corrected chi connectivity index (χ0v) is 18.2. The molecule has 0 unspecified atom stereocenters. The Hall–Kier alpha value is -3.13. The largest absolute Gasteiger partial charge is 0.482 e. The lowest BCUT2D eigenvalue weighted by molar-refractivity contribution is -0.139. The molecule has 4 rings (SSSR count). The van der Waals surface area contributed by atoms with E-state index in [0.717, 1.165) is 37.7 Å². The SMILES string of the molecule is O=C(O)COc1ccc(/C=C2\SC(=Nc3ccccc3F)N(C3CCCCC3)C2=O)cc1. The summed E-state index contributed by atoms with van der Waals surface area (Å²) in [4.78, 5) is 30.7. The highest BCUT2D eigenvalue weighted by Crippen LogP contribution is 2.38. The summed E-state index contributed by atoms with van der Waals surface area (Å²) in [6.45, 7) is -0.416. The number of carbonyl (C=O) groups excluding carboxylic acids is 1. The molecule has 0 radical (unpaired) electrons. The Kier molecular flexibility index (Phi) is 6.90. The summed E-state index contributed by atoms with van der Waals surface area (Å²) >= 11 is 1.25. The number of hydrogen-bond donors (Lipinski definition) is 1. The molecule has 0 aromatic heterocycles. The molecule has 1 N–H and O–H groups in total. The minimum absolute atomic E-state index is 0.0620. The molecule has 2 fully saturated rings. The number of para-hydroxylation sites is 1. The maximum atomic E-state index is 14.2. The van der Waals surface area contributed by atoms with Gasteiger partial charge in [-0.3, -0.25) is 9.69 Å². The average molecular weight is 455 g/mol. The molecule has 0 spiro atoms. The zero-order valence-electron chi connectivity index (χ0n) is 17.4. The number of rotatable bonds is 6. The molecule has 1 saturated carbocycles. The van der Waals surface area contributed by atoms with Gasteiger partial charge >= 0.3 is 5.97 Å². The highest BCUT2D eigenvalue weighted by molar-refractivity contribution is 8.18. The zero-order chi connectivity index (χ0) is 22.5. The fourth-order valence-electron chi connectivity index (χ4n) is 3.83. The quantitative estimate of drug-likeness (QED) is 0.605. The first-order chi connectivity index (χ1) is 15.5. The van der Waals surface area contributed by atoms with E-state index in [4.69, 9.17) is 9.84 Å². The molecule has 1 aliphatic heterocycles. The van der Waals surface area contributed by atoms with E-state index in [1.165, 1.54) is 17.8 Å². The Bertz CT molecular complexity index is 1060. The van der Waals surface area contributed by atoms with Crippen molar-refractivity contribution >= 4 is 40.6 Å². The van der Waals surface area contributed by atoms with Gasteiger partial charge in [0.2, 0.25) is 0 Å². The summed E-state index contributed by atoms with van der Waals surface area (Å²) in [6.07, 6.45) is 6.86. The number of amidine groups is 1. The third-order valence-corrected chi connectivity index (χ3v) is 6.37. The van der Waals surface area contributed by atoms with Gasteiger partial charge in [0.15, 0.2) is 11.8 Å². The highest BCUT2D eigenvalue weighted by Gasteiger charge is 2.38. The molecule has 2 aromatic carbocycles. The summed E-state index contributed by atoms with van der Waals surface area (Å²) in [5, 5.41) is 9.21. The van der Waals surface area contributed by atoms with E-state index in [1.807, 2.05) is 0 Å². The number of aliphatic carboxylic acids is 1. The van der Waals surface area contributed by atoms with Gasteiger partial charge in [-0.25, -0.2) is 14.2 Å². The maximum Gasteiger partial charge on any atom is 0.341 e. The van der Waals surface area contributed by atoms with E-state index in [-0.39, 0.29) is 17.6 Å². The third kappa shape index (κ3) is 5.19. The predicted octanol–water partition coefficient (Wildman–Crippen LogP) is 5.23. The summed E-state index contributed by atoms with van der Waals surface area (Å²) in [7, 11) is 0. The number of nitrogens with zero attached hydrogens (tertiary/aromatic N) is 2. The van der Waals surface area contributed by atoms with Crippen molar-refractivity contribution in [2.45, 2.75) is 38.1 Å². The maximum absolute atomic E-state index is 14.2. The van der Waals surface area contributed by atoms with Crippen molar-refractivity contribution in [2.75, 3.05) is 6.61 Å². The van der Waals surface area contributed by atoms with E-state index >= 15 is 0 Å². The average Bonchev–Trinajstić information content (AvgIpc) is 3.10. The second-order valence-corrected chi connectivity index (χ2v) is 8.68. The van der Waals surface area contributed by atoms with Crippen molar-refractivity contribution in [1.29, 1.82) is 0 Å². The molecule has 8 heteroatoms. The Morgan fingerprint density at radius 1 is 1.16 bits per heavy atom. The normalized spacial score (nSPS) is 19.7. The van der Waals surface area contributed by atoms with Crippen LogP contribution >= 0.6 is 11.8 Å². The van der Waals surface area contributed by atoms with Crippen LogP contribution in [0.25, 0.3) is 6.08 Å². The molecule has 32 heavy (non-hydrogen) atoms. The molecule has 1 heterocycles. The lowest BCUT2D eigenvalue weighted by atomic mass is 9.94. The van der Waals surface area contributed by atoms with Crippen LogP contribution in [-0.4, -0.2) is 39.7 Å². The lowest BCUT2D eigenvalue weighted by Gasteiger charge is -2.30. The van der Waals surface area contributed by atoms with Crippen molar-refractivity contribution in [3.63, 3.8) is 0 Å². The van der Waals surface area contributed by atoms with Gasteiger partial charge in [-0.15, -0.1) is 0 Å². The van der Waals surface area contributed by atoms with Crippen LogP contribution in [0.3, 0.4) is 0 Å². The second-order valence-electron chi connectivity index (χ2n) is 7.67. The van der Waals surface area contributed by atoms with Gasteiger partial charge in [0.25, 0.3) is 5.91 Å². The Morgan fingerprint density at radius 3 is 2.56 bits per heavy atom. The molecule has 2 aromatic rings. The standard InChI is InChI=1S/C24H23FN2O4S/c25-19-8-4-5-9-20(19)26-24-27(17-6-2-1-3-7-17)23(30)21(32-24)14-16-10-12-18(13-11-16)31-15-22(28)29/h4-5,8-14,17H,1-3,6-7,15H2,(H,28,29)/b21-14-,26-24?. The van der Waals surface area contributed by atoms with Crippen molar-refractivity contribution in [3.8, 4) is 5.75 Å². The number of halogens is 1. The minimum Gasteiger partial charge on any atom is -0.482 e. The summed E-state index contributed by atoms with van der Waals surface area (Å²) in [6, 6.07) is 13.2. The number of carbonyl (C=O) groups is 2. The first-order valence-electron chi connectivity index (χ1n) is 10.5. The summed E-state index contributed by atoms with van der Waals surface area (Å²) in [5.74, 6) is -1.16. The summed E-state index contributed by atoms with van der Waals surface area (Å²) in [5.41, 5.74) is 0.990. The topological polar surface area (TPSA) is 79.2 Å². The van der Waals surface area contributed by atoms with Gasteiger partial charge < -0.3 is 9.84 Å². The van der Waals surface area contributed by atoms with Crippen LogP contribution in [-0.2, 0) is 9.59 Å². The number of carboxylic acids is 1. The Balaban J connectivity index is 1.61. The number of benzene rings is 2. The molecular formula is C24H23FN2O4S. The molecule has 1 aliphatic carbocycles. The van der Waals surface area contributed by atoms with Gasteiger partial charge in [0.1, 0.15) is 17.3 Å². The fraction of sp³-hybridized carbons (Fsp3) is 0.292. The fourth-order valence-corrected chi connectivity index (χ4v) is 4.88. The second kappa shape index (κ2) is 9.99. The van der Waals surface area contributed by atoms with Crippen LogP contribution in [0.15, 0.2) is 58.4 Å². The van der Waals surface area contributed by atoms with Gasteiger partial charge in [0.05, 0.1) is 4.91 Å². The van der Waals surface area contributed by atoms with Gasteiger partial charge in [-0.2, -0.15) is 0 Å². The molecule has 166 valence electrons. The highest BCUT2D eigenvalue weighted by atomic mass is 32.2. The van der Waals surface area contributed by atoms with Gasteiger partial charge in [-0.05, 0) is 60.5 Å². The van der Waals surface area contributed by atoms with Crippen LogP contribution < -0.4 is 4.74 Å². The number of hydrogen-bond acceptors (Lipinski definition) is 5. The van der Waals surface area contributed by atoms with Crippen molar-refractivity contribution in [1.82, 2.24) is 4.90 Å². The lowest BCUT2D eigenvalue weighted by Crippen LogP contribution is -2.40. The minimum atomic E-state index is -1.05. The van der Waals surface area contributed by atoms with E-state index < -0.39 is 18.4 Å². The van der Waals surface area contributed by atoms with Crippen molar-refractivity contribution in [3.05, 3.63) is 64.8 Å². The van der Waals surface area contributed by atoms with E-state index in [9.17, 15) is 14.0 Å². The third-order valence-electron chi connectivity index (χ3n) is 5.39. The molecule has 2 aliphatic rings. The molecular weight excluding hydrogens is 431 g/mol. The number of aliphatic imine (C=N–C) groups is 1. The van der Waals surface area contributed by atoms with E-state index in [0.29, 0.717) is 15.8 Å². The van der Waals surface area contributed by atoms with Gasteiger partial charge in [0, 0.05) is 6.04 Å². The number of carboxylic acid groups (broad SMARTS) is 1. The predicted molar refractivity (Wildman–Crippen MR) is 122 cm³/mol. The first-order valence-corrected chi connectivity index (χ1v) is 11.3. The monoisotopic (exact) mass is 454 g/mol. The number of thioether (sulfide) groups is 1. The van der Waals surface area contributed by atoms with E-state index in [1.54, 1.807) is 53.4 Å². The van der Waals surface area contributed by atoms with Crippen LogP contribution in [0.2, 0.25) is 0 Å². The first kappa shape index (κ1) is 22.1. The van der Waals surface area contributed by atoms with Crippen LogP contribution in [0, 0.1) is 5.82 Å². The van der Waals surface area contributed by atoms with Crippen molar-refractivity contribution in [2.24, 2.45) is 4.99 Å². The van der Waals surface area contributed by atoms with Crippen LogP contribution in [0.4, 0.5) is 10.1 Å². The van der Waals surface area contributed by atoms with Crippen molar-refractivity contribution < 1.29 is 23.8 Å².